The summed E-state index contributed by atoms with van der Waals surface area (Å²) in [4.78, 5) is 39.8. The highest BCUT2D eigenvalue weighted by molar-refractivity contribution is 5.95. The summed E-state index contributed by atoms with van der Waals surface area (Å²) in [5.74, 6) is -0.123. The minimum absolute atomic E-state index is 0.00944. The average molecular weight is 325 g/mol. The zero-order valence-corrected chi connectivity index (χ0v) is 13.5. The number of hydrogen-bond acceptors (Lipinski definition) is 3. The summed E-state index contributed by atoms with van der Waals surface area (Å²) >= 11 is 0. The SMILES string of the molecule is Cn1cc(C(=O)N2CCN(C(=O)c3ccccc3)CC2)ccc1=O. The van der Waals surface area contributed by atoms with E-state index in [9.17, 15) is 14.4 Å². The first-order chi connectivity index (χ1) is 11.6. The third kappa shape index (κ3) is 3.22. The molecule has 6 nitrogen and oxygen atoms in total. The Balaban J connectivity index is 1.64. The number of nitrogens with zero attached hydrogens (tertiary/aromatic N) is 3. The first-order valence-electron chi connectivity index (χ1n) is 7.86. The number of rotatable bonds is 2. The number of pyridine rings is 1. The first-order valence-corrected chi connectivity index (χ1v) is 7.86. The molecule has 6 heteroatoms. The predicted molar refractivity (Wildman–Crippen MR) is 89.9 cm³/mol. The van der Waals surface area contributed by atoms with E-state index in [4.69, 9.17) is 0 Å². The highest BCUT2D eigenvalue weighted by Crippen LogP contribution is 2.11. The van der Waals surface area contributed by atoms with Gasteiger partial charge in [-0.15, -0.1) is 0 Å². The number of benzene rings is 1. The average Bonchev–Trinajstić information content (AvgIpc) is 2.63. The maximum atomic E-state index is 12.5. The second-order valence-corrected chi connectivity index (χ2v) is 5.82. The van der Waals surface area contributed by atoms with Crippen molar-refractivity contribution in [3.05, 3.63) is 70.1 Å². The van der Waals surface area contributed by atoms with Crippen molar-refractivity contribution in [3.8, 4) is 0 Å². The van der Waals surface area contributed by atoms with Crippen LogP contribution in [0.5, 0.6) is 0 Å². The van der Waals surface area contributed by atoms with Crippen molar-refractivity contribution in [2.45, 2.75) is 0 Å². The van der Waals surface area contributed by atoms with E-state index >= 15 is 0 Å². The van der Waals surface area contributed by atoms with Crippen molar-refractivity contribution in [1.82, 2.24) is 14.4 Å². The van der Waals surface area contributed by atoms with Gasteiger partial charge in [-0.1, -0.05) is 18.2 Å². The summed E-state index contributed by atoms with van der Waals surface area (Å²) in [7, 11) is 1.62. The van der Waals surface area contributed by atoms with Crippen LogP contribution in [0.2, 0.25) is 0 Å². The van der Waals surface area contributed by atoms with E-state index in [1.807, 2.05) is 18.2 Å². The van der Waals surface area contributed by atoms with E-state index in [1.165, 1.54) is 10.6 Å². The van der Waals surface area contributed by atoms with Gasteiger partial charge in [-0.25, -0.2) is 0 Å². The molecular formula is C18H19N3O3. The van der Waals surface area contributed by atoms with Crippen LogP contribution in [0.4, 0.5) is 0 Å². The number of carbonyl (C=O) groups is 2. The summed E-state index contributed by atoms with van der Waals surface area (Å²) in [5.41, 5.74) is 1.00. The van der Waals surface area contributed by atoms with Gasteiger partial charge in [0.05, 0.1) is 5.56 Å². The van der Waals surface area contributed by atoms with Gasteiger partial charge in [0.15, 0.2) is 0 Å². The number of piperazine rings is 1. The Bertz CT molecular complexity index is 806. The van der Waals surface area contributed by atoms with Gasteiger partial charge in [-0.05, 0) is 18.2 Å². The quantitative estimate of drug-likeness (QED) is 0.827. The molecule has 0 unspecified atom stereocenters. The fourth-order valence-electron chi connectivity index (χ4n) is 2.78. The lowest BCUT2D eigenvalue weighted by molar-refractivity contribution is 0.0535. The van der Waals surface area contributed by atoms with Crippen molar-refractivity contribution in [2.75, 3.05) is 26.2 Å². The Labute approximate surface area is 139 Å². The minimum Gasteiger partial charge on any atom is -0.335 e. The molecule has 24 heavy (non-hydrogen) atoms. The molecule has 0 atom stereocenters. The maximum absolute atomic E-state index is 12.5. The molecule has 0 aliphatic carbocycles. The van der Waals surface area contributed by atoms with Gasteiger partial charge < -0.3 is 14.4 Å². The van der Waals surface area contributed by atoms with Crippen LogP contribution in [0.25, 0.3) is 0 Å². The second kappa shape index (κ2) is 6.70. The van der Waals surface area contributed by atoms with Crippen LogP contribution >= 0.6 is 0 Å². The van der Waals surface area contributed by atoms with Crippen molar-refractivity contribution in [3.63, 3.8) is 0 Å². The topological polar surface area (TPSA) is 62.6 Å². The van der Waals surface area contributed by atoms with E-state index in [0.717, 1.165) is 0 Å². The molecule has 1 aromatic heterocycles. The molecule has 1 fully saturated rings. The monoisotopic (exact) mass is 325 g/mol. The summed E-state index contributed by atoms with van der Waals surface area (Å²) in [6.07, 6.45) is 1.55. The van der Waals surface area contributed by atoms with Crippen LogP contribution in [0, 0.1) is 0 Å². The molecule has 1 aliphatic heterocycles. The second-order valence-electron chi connectivity index (χ2n) is 5.82. The molecule has 0 radical (unpaired) electrons. The molecule has 0 saturated carbocycles. The standard InChI is InChI=1S/C18H19N3O3/c1-19-13-15(7-8-16(19)22)18(24)21-11-9-20(10-12-21)17(23)14-5-3-2-4-6-14/h2-8,13H,9-12H2,1H3. The van der Waals surface area contributed by atoms with Gasteiger partial charge in [0, 0.05) is 51.1 Å². The smallest absolute Gasteiger partial charge is 0.255 e. The van der Waals surface area contributed by atoms with Gasteiger partial charge in [0.2, 0.25) is 5.56 Å². The summed E-state index contributed by atoms with van der Waals surface area (Å²) in [6.45, 7) is 1.98. The lowest BCUT2D eigenvalue weighted by Crippen LogP contribution is -2.50. The van der Waals surface area contributed by atoms with Crippen LogP contribution in [-0.2, 0) is 7.05 Å². The van der Waals surface area contributed by atoms with Gasteiger partial charge in [0.25, 0.3) is 11.8 Å². The fourth-order valence-corrected chi connectivity index (χ4v) is 2.78. The molecule has 2 amide bonds. The maximum Gasteiger partial charge on any atom is 0.255 e. The van der Waals surface area contributed by atoms with Gasteiger partial charge >= 0.3 is 0 Å². The van der Waals surface area contributed by atoms with Crippen molar-refractivity contribution in [1.29, 1.82) is 0 Å². The molecule has 0 spiro atoms. The van der Waals surface area contributed by atoms with Gasteiger partial charge in [-0.3, -0.25) is 14.4 Å². The molecular weight excluding hydrogens is 306 g/mol. The van der Waals surface area contributed by atoms with Crippen molar-refractivity contribution >= 4 is 11.8 Å². The van der Waals surface area contributed by atoms with Crippen molar-refractivity contribution in [2.24, 2.45) is 7.05 Å². The Morgan fingerprint density at radius 2 is 1.33 bits per heavy atom. The zero-order chi connectivity index (χ0) is 17.1. The number of aromatic nitrogens is 1. The molecule has 2 aromatic rings. The molecule has 1 aromatic carbocycles. The highest BCUT2D eigenvalue weighted by atomic mass is 16.2. The van der Waals surface area contributed by atoms with E-state index < -0.39 is 0 Å². The number of amides is 2. The van der Waals surface area contributed by atoms with Gasteiger partial charge in [-0.2, -0.15) is 0 Å². The largest absolute Gasteiger partial charge is 0.335 e. The molecule has 0 N–H and O–H groups in total. The molecule has 0 bridgehead atoms. The zero-order valence-electron chi connectivity index (χ0n) is 13.5. The first kappa shape index (κ1) is 16.0. The predicted octanol–water partition coefficient (Wildman–Crippen LogP) is 0.984. The Morgan fingerprint density at radius 3 is 1.88 bits per heavy atom. The van der Waals surface area contributed by atoms with E-state index in [2.05, 4.69) is 0 Å². The van der Waals surface area contributed by atoms with Crippen LogP contribution in [0.3, 0.4) is 0 Å². The summed E-state index contributed by atoms with van der Waals surface area (Å²) < 4.78 is 1.39. The lowest BCUT2D eigenvalue weighted by atomic mass is 10.1. The number of aryl methyl sites for hydroxylation is 1. The van der Waals surface area contributed by atoms with E-state index in [0.29, 0.717) is 37.3 Å². The van der Waals surface area contributed by atoms with Crippen LogP contribution in [0.15, 0.2) is 53.5 Å². The molecule has 124 valence electrons. The summed E-state index contributed by atoms with van der Waals surface area (Å²) in [6, 6.07) is 12.1. The lowest BCUT2D eigenvalue weighted by Gasteiger charge is -2.34. The summed E-state index contributed by atoms with van der Waals surface area (Å²) in [5, 5.41) is 0. The van der Waals surface area contributed by atoms with Crippen molar-refractivity contribution < 1.29 is 9.59 Å². The van der Waals surface area contributed by atoms with E-state index in [-0.39, 0.29) is 17.4 Å². The van der Waals surface area contributed by atoms with Crippen LogP contribution in [0.1, 0.15) is 20.7 Å². The highest BCUT2D eigenvalue weighted by Gasteiger charge is 2.25. The molecule has 3 rings (SSSR count). The molecule has 1 aliphatic rings. The third-order valence-corrected chi connectivity index (χ3v) is 4.21. The Hall–Kier alpha value is -2.89. The number of hydrogen-bond donors (Lipinski definition) is 0. The van der Waals surface area contributed by atoms with Crippen LogP contribution < -0.4 is 5.56 Å². The normalized spacial score (nSPS) is 14.5. The third-order valence-electron chi connectivity index (χ3n) is 4.21. The van der Waals surface area contributed by atoms with Crippen LogP contribution in [-0.4, -0.2) is 52.4 Å². The minimum atomic E-state index is -0.148. The fraction of sp³-hybridized carbons (Fsp3) is 0.278. The van der Waals surface area contributed by atoms with E-state index in [1.54, 1.807) is 41.2 Å². The Morgan fingerprint density at radius 1 is 0.792 bits per heavy atom. The van der Waals surface area contributed by atoms with Gasteiger partial charge in [0.1, 0.15) is 0 Å². The molecule has 2 heterocycles. The number of carbonyl (C=O) groups excluding carboxylic acids is 2. The Kier molecular flexibility index (Phi) is 4.46. The molecule has 1 saturated heterocycles.